The highest BCUT2D eigenvalue weighted by Crippen LogP contribution is 2.32. The van der Waals surface area contributed by atoms with Crippen LogP contribution in [0.25, 0.3) is 0 Å². The van der Waals surface area contributed by atoms with Crippen LogP contribution in [0.2, 0.25) is 0 Å². The largest absolute Gasteiger partial charge is 0.488 e. The maximum atomic E-state index is 13.3. The number of amides is 1. The van der Waals surface area contributed by atoms with Crippen LogP contribution in [0, 0.1) is 11.6 Å². The lowest BCUT2D eigenvalue weighted by Gasteiger charge is -2.08. The lowest BCUT2D eigenvalue weighted by Crippen LogP contribution is -2.24. The van der Waals surface area contributed by atoms with Crippen LogP contribution in [0.1, 0.15) is 10.4 Å². The highest BCUT2D eigenvalue weighted by atomic mass is 79.9. The Morgan fingerprint density at radius 3 is 2.93 bits per heavy atom. The van der Waals surface area contributed by atoms with E-state index in [0.29, 0.717) is 0 Å². The zero-order valence-corrected chi connectivity index (χ0v) is 9.03. The normalized spacial score (nSPS) is 15.0. The van der Waals surface area contributed by atoms with Gasteiger partial charge in [-0.2, -0.15) is 4.39 Å². The second-order valence-corrected chi connectivity index (χ2v) is 3.82. The van der Waals surface area contributed by atoms with Crippen LogP contribution in [0.5, 0.6) is 5.75 Å². The van der Waals surface area contributed by atoms with Crippen LogP contribution in [0.3, 0.4) is 0 Å². The third-order valence-corrected chi connectivity index (χ3v) is 2.61. The molecule has 2 rings (SSSR count). The lowest BCUT2D eigenvalue weighted by atomic mass is 10.1. The van der Waals surface area contributed by atoms with Crippen molar-refractivity contribution in [2.45, 2.75) is 0 Å². The van der Waals surface area contributed by atoms with Crippen molar-refractivity contribution in [3.8, 4) is 5.75 Å². The Kier molecular flexibility index (Phi) is 2.60. The average molecular weight is 278 g/mol. The molecule has 0 fully saturated rings. The number of rotatable bonds is 0. The second-order valence-electron chi connectivity index (χ2n) is 2.96. The van der Waals surface area contributed by atoms with Gasteiger partial charge in [-0.05, 0) is 22.0 Å². The molecule has 0 atom stereocenters. The molecular formula is C9H6BrF2NO2. The van der Waals surface area contributed by atoms with Crippen molar-refractivity contribution < 1.29 is 18.3 Å². The summed E-state index contributed by atoms with van der Waals surface area (Å²) < 4.78 is 31.5. The molecule has 6 heteroatoms. The Bertz CT molecular complexity index is 437. The number of hydrogen-bond acceptors (Lipinski definition) is 2. The van der Waals surface area contributed by atoms with Crippen molar-refractivity contribution in [3.05, 3.63) is 27.7 Å². The van der Waals surface area contributed by atoms with E-state index < -0.39 is 17.5 Å². The number of fused-ring (bicyclic) bond motifs is 1. The molecule has 1 aromatic carbocycles. The Morgan fingerprint density at radius 1 is 1.47 bits per heavy atom. The summed E-state index contributed by atoms with van der Waals surface area (Å²) in [6.07, 6.45) is 0. The third-order valence-electron chi connectivity index (χ3n) is 1.99. The summed E-state index contributed by atoms with van der Waals surface area (Å²) in [6, 6.07) is 0.905. The highest BCUT2D eigenvalue weighted by molar-refractivity contribution is 9.10. The smallest absolute Gasteiger partial charge is 0.256 e. The van der Waals surface area contributed by atoms with Crippen LogP contribution in [0.15, 0.2) is 10.5 Å². The number of ether oxygens (including phenoxy) is 1. The number of halogens is 3. The minimum Gasteiger partial charge on any atom is -0.488 e. The van der Waals surface area contributed by atoms with E-state index in [1.54, 1.807) is 0 Å². The summed E-state index contributed by atoms with van der Waals surface area (Å²) in [5.74, 6) is -2.99. The molecule has 1 amide bonds. The fourth-order valence-corrected chi connectivity index (χ4v) is 1.89. The molecule has 0 aliphatic carbocycles. The molecule has 0 saturated carbocycles. The van der Waals surface area contributed by atoms with Gasteiger partial charge in [0.2, 0.25) is 5.82 Å². The van der Waals surface area contributed by atoms with Gasteiger partial charge in [0, 0.05) is 4.47 Å². The summed E-state index contributed by atoms with van der Waals surface area (Å²) in [5, 5.41) is 2.51. The first kappa shape index (κ1) is 10.4. The summed E-state index contributed by atoms with van der Waals surface area (Å²) in [6.45, 7) is 0.382. The molecular weight excluding hydrogens is 272 g/mol. The fraction of sp³-hybridized carbons (Fsp3) is 0.222. The zero-order valence-electron chi connectivity index (χ0n) is 7.44. The summed E-state index contributed by atoms with van der Waals surface area (Å²) in [7, 11) is 0. The monoisotopic (exact) mass is 277 g/mol. The van der Waals surface area contributed by atoms with Crippen molar-refractivity contribution in [1.29, 1.82) is 0 Å². The first-order chi connectivity index (χ1) is 7.11. The van der Waals surface area contributed by atoms with E-state index >= 15 is 0 Å². The Hall–Kier alpha value is -1.17. The van der Waals surface area contributed by atoms with Gasteiger partial charge in [-0.3, -0.25) is 4.79 Å². The molecule has 0 unspecified atom stereocenters. The molecule has 1 aromatic rings. The number of hydrogen-bond donors (Lipinski definition) is 1. The van der Waals surface area contributed by atoms with Crippen LogP contribution in [-0.4, -0.2) is 19.1 Å². The van der Waals surface area contributed by atoms with E-state index in [1.165, 1.54) is 0 Å². The van der Waals surface area contributed by atoms with E-state index in [1.807, 2.05) is 0 Å². The zero-order chi connectivity index (χ0) is 11.0. The SMILES string of the molecule is O=C1NCCOc2c(F)c(F)cc(Br)c21. The van der Waals surface area contributed by atoms with Crippen molar-refractivity contribution in [1.82, 2.24) is 5.32 Å². The van der Waals surface area contributed by atoms with Crippen molar-refractivity contribution in [2.24, 2.45) is 0 Å². The fourth-order valence-electron chi connectivity index (χ4n) is 1.33. The minimum absolute atomic E-state index is 0.00796. The van der Waals surface area contributed by atoms with Gasteiger partial charge in [0.25, 0.3) is 5.91 Å². The average Bonchev–Trinajstić information content (AvgIpc) is 2.37. The molecule has 80 valence electrons. The third kappa shape index (κ3) is 1.69. The maximum Gasteiger partial charge on any atom is 0.256 e. The van der Waals surface area contributed by atoms with Gasteiger partial charge >= 0.3 is 0 Å². The Morgan fingerprint density at radius 2 is 2.20 bits per heavy atom. The first-order valence-electron chi connectivity index (χ1n) is 4.19. The van der Waals surface area contributed by atoms with E-state index in [0.717, 1.165) is 6.07 Å². The number of nitrogens with one attached hydrogen (secondary N) is 1. The van der Waals surface area contributed by atoms with Gasteiger partial charge in [-0.25, -0.2) is 4.39 Å². The molecule has 0 radical (unpaired) electrons. The molecule has 0 bridgehead atoms. The topological polar surface area (TPSA) is 38.3 Å². The summed E-state index contributed by atoms with van der Waals surface area (Å²) in [4.78, 5) is 11.5. The highest BCUT2D eigenvalue weighted by Gasteiger charge is 2.25. The van der Waals surface area contributed by atoms with Crippen molar-refractivity contribution in [3.63, 3.8) is 0 Å². The van der Waals surface area contributed by atoms with Crippen LogP contribution >= 0.6 is 15.9 Å². The lowest BCUT2D eigenvalue weighted by molar-refractivity contribution is 0.0956. The van der Waals surface area contributed by atoms with Gasteiger partial charge in [0.05, 0.1) is 12.1 Å². The molecule has 0 saturated heterocycles. The van der Waals surface area contributed by atoms with Crippen LogP contribution in [0.4, 0.5) is 8.78 Å². The first-order valence-corrected chi connectivity index (χ1v) is 4.99. The predicted molar refractivity (Wildman–Crippen MR) is 51.9 cm³/mol. The van der Waals surface area contributed by atoms with Gasteiger partial charge in [0.1, 0.15) is 6.61 Å². The Labute approximate surface area is 92.5 Å². The number of carbonyl (C=O) groups excluding carboxylic acids is 1. The van der Waals surface area contributed by atoms with Crippen molar-refractivity contribution in [2.75, 3.05) is 13.2 Å². The molecule has 0 spiro atoms. The predicted octanol–water partition coefficient (Wildman–Crippen LogP) is 1.85. The van der Waals surface area contributed by atoms with Gasteiger partial charge in [-0.15, -0.1) is 0 Å². The molecule has 1 N–H and O–H groups in total. The standard InChI is InChI=1S/C9H6BrF2NO2/c10-4-3-5(11)7(12)8-6(4)9(14)13-1-2-15-8/h3H,1-2H2,(H,13,14). The van der Waals surface area contributed by atoms with Crippen LogP contribution in [-0.2, 0) is 0 Å². The molecule has 15 heavy (non-hydrogen) atoms. The molecule has 1 heterocycles. The van der Waals surface area contributed by atoms with E-state index in [9.17, 15) is 13.6 Å². The van der Waals surface area contributed by atoms with Crippen LogP contribution < -0.4 is 10.1 Å². The second kappa shape index (κ2) is 3.77. The molecule has 0 aromatic heterocycles. The van der Waals surface area contributed by atoms with E-state index in [-0.39, 0.29) is 28.9 Å². The van der Waals surface area contributed by atoms with Gasteiger partial charge in [0.15, 0.2) is 11.6 Å². The molecule has 1 aliphatic heterocycles. The molecule has 3 nitrogen and oxygen atoms in total. The quantitative estimate of drug-likeness (QED) is 0.735. The maximum absolute atomic E-state index is 13.3. The van der Waals surface area contributed by atoms with Crippen molar-refractivity contribution >= 4 is 21.8 Å². The summed E-state index contributed by atoms with van der Waals surface area (Å²) >= 11 is 2.99. The van der Waals surface area contributed by atoms with E-state index in [2.05, 4.69) is 21.2 Å². The Balaban J connectivity index is 2.68. The minimum atomic E-state index is -1.13. The summed E-state index contributed by atoms with van der Waals surface area (Å²) in [5.41, 5.74) is -0.00796. The van der Waals surface area contributed by atoms with Gasteiger partial charge in [-0.1, -0.05) is 0 Å². The number of carbonyl (C=O) groups is 1. The van der Waals surface area contributed by atoms with Gasteiger partial charge < -0.3 is 10.1 Å². The van der Waals surface area contributed by atoms with E-state index in [4.69, 9.17) is 4.74 Å². The molecule has 1 aliphatic rings. The number of benzene rings is 1.